The van der Waals surface area contributed by atoms with Gasteiger partial charge in [-0.15, -0.1) is 0 Å². The Kier molecular flexibility index (Phi) is 7.76. The first-order valence-corrected chi connectivity index (χ1v) is 12.9. The fourth-order valence-corrected chi connectivity index (χ4v) is 5.38. The number of rotatable bonds is 7. The quantitative estimate of drug-likeness (QED) is 0.224. The van der Waals surface area contributed by atoms with Crippen molar-refractivity contribution in [3.05, 3.63) is 92.3 Å². The van der Waals surface area contributed by atoms with E-state index in [4.69, 9.17) is 21.7 Å². The van der Waals surface area contributed by atoms with Crippen molar-refractivity contribution in [3.8, 4) is 11.5 Å². The third-order valence-corrected chi connectivity index (χ3v) is 7.29. The third kappa shape index (κ3) is 5.37. The second-order valence-electron chi connectivity index (χ2n) is 7.82. The van der Waals surface area contributed by atoms with E-state index in [2.05, 4.69) is 15.9 Å². The number of hydrogen-bond acceptors (Lipinski definition) is 5. The molecule has 174 valence electrons. The van der Waals surface area contributed by atoms with Crippen molar-refractivity contribution >= 4 is 61.9 Å². The van der Waals surface area contributed by atoms with Crippen LogP contribution in [-0.4, -0.2) is 16.8 Å². The van der Waals surface area contributed by atoms with Gasteiger partial charge in [-0.1, -0.05) is 60.4 Å². The third-order valence-electron chi connectivity index (χ3n) is 5.40. The lowest BCUT2D eigenvalue weighted by Crippen LogP contribution is -2.27. The zero-order valence-electron chi connectivity index (χ0n) is 19.1. The van der Waals surface area contributed by atoms with Crippen molar-refractivity contribution in [1.82, 2.24) is 0 Å². The first kappa shape index (κ1) is 24.5. The molecule has 1 aliphatic heterocycles. The number of anilines is 1. The van der Waals surface area contributed by atoms with Gasteiger partial charge in [-0.2, -0.15) is 0 Å². The summed E-state index contributed by atoms with van der Waals surface area (Å²) < 4.78 is 13.2. The highest BCUT2D eigenvalue weighted by atomic mass is 79.9. The highest BCUT2D eigenvalue weighted by Gasteiger charge is 2.33. The summed E-state index contributed by atoms with van der Waals surface area (Å²) in [6.45, 7) is 6.92. The molecule has 1 fully saturated rings. The van der Waals surface area contributed by atoms with Crippen LogP contribution in [0.25, 0.3) is 6.08 Å². The van der Waals surface area contributed by atoms with Crippen LogP contribution in [0.2, 0.25) is 0 Å². The van der Waals surface area contributed by atoms with Crippen LogP contribution in [-0.2, 0) is 11.4 Å². The summed E-state index contributed by atoms with van der Waals surface area (Å²) in [5.41, 5.74) is 4.97. The summed E-state index contributed by atoms with van der Waals surface area (Å²) in [5.74, 6) is 1.12. The molecule has 1 amide bonds. The molecule has 0 unspecified atom stereocenters. The molecule has 1 heterocycles. The summed E-state index contributed by atoms with van der Waals surface area (Å²) in [6.07, 6.45) is 1.84. The van der Waals surface area contributed by atoms with Crippen molar-refractivity contribution in [2.24, 2.45) is 0 Å². The fraction of sp³-hybridized carbons (Fsp3) is 0.185. The minimum absolute atomic E-state index is 0.128. The average molecular weight is 555 g/mol. The van der Waals surface area contributed by atoms with Crippen LogP contribution < -0.4 is 14.4 Å². The number of amides is 1. The number of hydrogen-bond donors (Lipinski definition) is 0. The molecule has 3 aromatic carbocycles. The number of thioether (sulfide) groups is 1. The average Bonchev–Trinajstić information content (AvgIpc) is 3.08. The number of nitrogens with zero attached hydrogens (tertiary/aromatic N) is 1. The van der Waals surface area contributed by atoms with Crippen LogP contribution in [0, 0.1) is 13.8 Å². The van der Waals surface area contributed by atoms with Crippen molar-refractivity contribution in [3.63, 3.8) is 0 Å². The Hall–Kier alpha value is -2.61. The van der Waals surface area contributed by atoms with Crippen molar-refractivity contribution in [2.75, 3.05) is 11.5 Å². The number of thiocarbonyl (C=S) groups is 1. The van der Waals surface area contributed by atoms with E-state index in [-0.39, 0.29) is 5.91 Å². The van der Waals surface area contributed by atoms with Gasteiger partial charge in [-0.3, -0.25) is 9.69 Å². The zero-order valence-corrected chi connectivity index (χ0v) is 22.4. The molecule has 1 saturated heterocycles. The zero-order chi connectivity index (χ0) is 24.2. The highest BCUT2D eigenvalue weighted by molar-refractivity contribution is 9.10. The van der Waals surface area contributed by atoms with Crippen molar-refractivity contribution in [1.29, 1.82) is 0 Å². The lowest BCUT2D eigenvalue weighted by Gasteiger charge is -2.16. The summed E-state index contributed by atoms with van der Waals surface area (Å²) in [6, 6.07) is 19.7. The van der Waals surface area contributed by atoms with Gasteiger partial charge in [0.05, 0.1) is 21.7 Å². The molecule has 0 bridgehead atoms. The molecule has 0 aliphatic carbocycles. The molecule has 0 aromatic heterocycles. The minimum Gasteiger partial charge on any atom is -0.490 e. The van der Waals surface area contributed by atoms with Crippen LogP contribution in [0.3, 0.4) is 0 Å². The normalized spacial score (nSPS) is 14.7. The molecule has 4 nitrogen and oxygen atoms in total. The Morgan fingerprint density at radius 3 is 2.50 bits per heavy atom. The van der Waals surface area contributed by atoms with Crippen molar-refractivity contribution in [2.45, 2.75) is 27.4 Å². The van der Waals surface area contributed by atoms with E-state index in [1.54, 1.807) is 4.90 Å². The number of carbonyl (C=O) groups is 1. The molecule has 4 rings (SSSR count). The minimum atomic E-state index is -0.128. The highest BCUT2D eigenvalue weighted by Crippen LogP contribution is 2.40. The second kappa shape index (κ2) is 10.8. The molecule has 0 spiro atoms. The van der Waals surface area contributed by atoms with Crippen LogP contribution >= 0.6 is 39.9 Å². The maximum absolute atomic E-state index is 13.2. The summed E-state index contributed by atoms with van der Waals surface area (Å²) in [4.78, 5) is 15.4. The lowest BCUT2D eigenvalue weighted by molar-refractivity contribution is -0.113. The molecular formula is C27H24BrNO3S2. The Bertz CT molecular complexity index is 1270. The van der Waals surface area contributed by atoms with Gasteiger partial charge in [0, 0.05) is 0 Å². The molecule has 0 saturated carbocycles. The number of aryl methyl sites for hydroxylation is 2. The van der Waals surface area contributed by atoms with Gasteiger partial charge < -0.3 is 9.47 Å². The number of carbonyl (C=O) groups excluding carboxylic acids is 1. The van der Waals surface area contributed by atoms with E-state index in [1.807, 2.05) is 87.5 Å². The maximum atomic E-state index is 13.2. The second-order valence-corrected chi connectivity index (χ2v) is 10.4. The monoisotopic (exact) mass is 553 g/mol. The Morgan fingerprint density at radius 1 is 1.03 bits per heavy atom. The fourth-order valence-electron chi connectivity index (χ4n) is 3.51. The van der Waals surface area contributed by atoms with E-state index in [0.717, 1.165) is 26.9 Å². The summed E-state index contributed by atoms with van der Waals surface area (Å²) >= 11 is 10.5. The molecule has 3 aromatic rings. The SMILES string of the molecule is CCOc1cc(/C=C2/SC(=S)N(c3ccc(C)c(C)c3)C2=O)cc(Br)c1OCc1ccccc1. The van der Waals surface area contributed by atoms with Gasteiger partial charge in [0.25, 0.3) is 5.91 Å². The topological polar surface area (TPSA) is 38.8 Å². The maximum Gasteiger partial charge on any atom is 0.270 e. The molecule has 1 aliphatic rings. The standard InChI is InChI=1S/C27H24BrNO3S2/c1-4-31-23-14-20(13-22(28)25(23)32-16-19-8-6-5-7-9-19)15-24-26(30)29(27(33)34-24)21-11-10-17(2)18(3)12-21/h5-15H,4,16H2,1-3H3/b24-15+. The van der Waals surface area contributed by atoms with Crippen LogP contribution in [0.4, 0.5) is 5.69 Å². The van der Waals surface area contributed by atoms with E-state index in [0.29, 0.717) is 33.9 Å². The molecule has 0 atom stereocenters. The summed E-state index contributed by atoms with van der Waals surface area (Å²) in [7, 11) is 0. The van der Waals surface area contributed by atoms with Crippen molar-refractivity contribution < 1.29 is 14.3 Å². The van der Waals surface area contributed by atoms with Gasteiger partial charge in [-0.05, 0) is 89.3 Å². The Morgan fingerprint density at radius 2 is 1.79 bits per heavy atom. The van der Waals surface area contributed by atoms with Crippen LogP contribution in [0.15, 0.2) is 70.0 Å². The number of benzene rings is 3. The molecular weight excluding hydrogens is 530 g/mol. The van der Waals surface area contributed by atoms with E-state index in [1.165, 1.54) is 17.3 Å². The molecule has 34 heavy (non-hydrogen) atoms. The van der Waals surface area contributed by atoms with Gasteiger partial charge in [-0.25, -0.2) is 0 Å². The van der Waals surface area contributed by atoms with E-state index < -0.39 is 0 Å². The molecule has 7 heteroatoms. The first-order chi connectivity index (χ1) is 16.4. The molecule has 0 radical (unpaired) electrons. The predicted molar refractivity (Wildman–Crippen MR) is 148 cm³/mol. The largest absolute Gasteiger partial charge is 0.490 e. The van der Waals surface area contributed by atoms with Gasteiger partial charge >= 0.3 is 0 Å². The van der Waals surface area contributed by atoms with E-state index >= 15 is 0 Å². The predicted octanol–water partition coefficient (Wildman–Crippen LogP) is 7.45. The van der Waals surface area contributed by atoms with Crippen LogP contribution in [0.5, 0.6) is 11.5 Å². The van der Waals surface area contributed by atoms with E-state index in [9.17, 15) is 4.79 Å². The van der Waals surface area contributed by atoms with Gasteiger partial charge in [0.1, 0.15) is 6.61 Å². The van der Waals surface area contributed by atoms with Gasteiger partial charge in [0.15, 0.2) is 15.8 Å². The summed E-state index contributed by atoms with van der Waals surface area (Å²) in [5, 5.41) is 0. The Labute approximate surface area is 218 Å². The smallest absolute Gasteiger partial charge is 0.270 e. The Balaban J connectivity index is 1.61. The van der Waals surface area contributed by atoms with Gasteiger partial charge in [0.2, 0.25) is 0 Å². The number of halogens is 1. The lowest BCUT2D eigenvalue weighted by atomic mass is 10.1. The first-order valence-electron chi connectivity index (χ1n) is 10.9. The molecule has 0 N–H and O–H groups in total. The van der Waals surface area contributed by atoms with Crippen LogP contribution in [0.1, 0.15) is 29.2 Å². The number of ether oxygens (including phenoxy) is 2.